The first-order valence-corrected chi connectivity index (χ1v) is 11.1. The highest BCUT2D eigenvalue weighted by molar-refractivity contribution is 7.92. The number of likely N-dealkylation sites (tertiary alicyclic amines) is 2. The van der Waals surface area contributed by atoms with E-state index in [1.165, 1.54) is 12.5 Å². The summed E-state index contributed by atoms with van der Waals surface area (Å²) >= 11 is 0. The van der Waals surface area contributed by atoms with Crippen molar-refractivity contribution in [1.82, 2.24) is 15.1 Å². The van der Waals surface area contributed by atoms with Crippen LogP contribution in [0.5, 0.6) is 0 Å². The zero-order valence-corrected chi connectivity index (χ0v) is 16.2. The summed E-state index contributed by atoms with van der Waals surface area (Å²) in [6.07, 6.45) is 4.52. The lowest BCUT2D eigenvalue weighted by Crippen LogP contribution is -2.47. The molecule has 2 amide bonds. The summed E-state index contributed by atoms with van der Waals surface area (Å²) in [7, 11) is -3.23. The smallest absolute Gasteiger partial charge is 0.254 e. The summed E-state index contributed by atoms with van der Waals surface area (Å²) in [5, 5.41) is 2.48. The molecule has 3 saturated heterocycles. The van der Waals surface area contributed by atoms with Crippen molar-refractivity contribution in [2.45, 2.75) is 37.1 Å². The maximum Gasteiger partial charge on any atom is 0.254 e. The van der Waals surface area contributed by atoms with E-state index in [0.717, 1.165) is 25.9 Å². The van der Waals surface area contributed by atoms with Crippen LogP contribution < -0.4 is 5.32 Å². The molecular weight excluding hydrogens is 370 g/mol. The molecule has 3 fully saturated rings. The van der Waals surface area contributed by atoms with E-state index in [4.69, 9.17) is 4.42 Å². The molecule has 0 bridgehead atoms. The predicted octanol–water partition coefficient (Wildman–Crippen LogP) is 0.118. The van der Waals surface area contributed by atoms with Gasteiger partial charge < -0.3 is 14.6 Å². The van der Waals surface area contributed by atoms with E-state index in [2.05, 4.69) is 10.2 Å². The number of piperidine rings is 1. The molecule has 9 heteroatoms. The van der Waals surface area contributed by atoms with Crippen molar-refractivity contribution in [2.75, 3.05) is 31.9 Å². The molecule has 1 aromatic rings. The van der Waals surface area contributed by atoms with E-state index in [1.54, 1.807) is 13.0 Å². The van der Waals surface area contributed by atoms with Gasteiger partial charge in [-0.1, -0.05) is 0 Å². The van der Waals surface area contributed by atoms with Crippen LogP contribution >= 0.6 is 0 Å². The molecule has 0 unspecified atom stereocenters. The second kappa shape index (κ2) is 6.94. The zero-order valence-electron chi connectivity index (χ0n) is 15.3. The third kappa shape index (κ3) is 3.50. The first kappa shape index (κ1) is 18.5. The highest BCUT2D eigenvalue weighted by Crippen LogP contribution is 2.36. The second-order valence-electron chi connectivity index (χ2n) is 7.81. The van der Waals surface area contributed by atoms with Gasteiger partial charge in [0.25, 0.3) is 5.91 Å². The Labute approximate surface area is 158 Å². The normalized spacial score (nSPS) is 31.0. The number of furan rings is 1. The minimum absolute atomic E-state index is 0.00253. The molecule has 3 aliphatic rings. The summed E-state index contributed by atoms with van der Waals surface area (Å²) in [4.78, 5) is 27.9. The molecule has 0 aliphatic carbocycles. The molecule has 0 saturated carbocycles. The van der Waals surface area contributed by atoms with Crippen molar-refractivity contribution >= 4 is 21.7 Å². The molecule has 4 rings (SSSR count). The Morgan fingerprint density at radius 1 is 1.22 bits per heavy atom. The van der Waals surface area contributed by atoms with Crippen molar-refractivity contribution in [3.05, 3.63) is 24.2 Å². The highest BCUT2D eigenvalue weighted by Gasteiger charge is 2.53. The average Bonchev–Trinajstić information content (AvgIpc) is 3.34. The van der Waals surface area contributed by atoms with Gasteiger partial charge in [0.1, 0.15) is 6.26 Å². The quantitative estimate of drug-likeness (QED) is 0.780. The Bertz CT molecular complexity index is 814. The van der Waals surface area contributed by atoms with Crippen molar-refractivity contribution in [3.8, 4) is 0 Å². The average molecular weight is 395 g/mol. The number of nitrogens with zero attached hydrogens (tertiary/aromatic N) is 2. The number of hydrogen-bond donors (Lipinski definition) is 1. The number of carbonyl (C=O) groups is 2. The maximum atomic E-state index is 12.6. The van der Waals surface area contributed by atoms with Crippen LogP contribution in [0.25, 0.3) is 0 Å². The first-order chi connectivity index (χ1) is 12.8. The van der Waals surface area contributed by atoms with Crippen LogP contribution in [0, 0.1) is 5.92 Å². The van der Waals surface area contributed by atoms with Crippen molar-refractivity contribution in [2.24, 2.45) is 5.92 Å². The SMILES string of the molecule is CC(=O)N1CCC(N2C[C@H]3[C@H](NC(=O)c4ccoc4)CS(=O)(=O)[C@H]3C2)CC1. The maximum absolute atomic E-state index is 12.6. The molecule has 0 radical (unpaired) electrons. The van der Waals surface area contributed by atoms with Gasteiger partial charge in [0, 0.05) is 51.1 Å². The number of carbonyl (C=O) groups excluding carboxylic acids is 2. The summed E-state index contributed by atoms with van der Waals surface area (Å²) in [5.74, 6) is -0.284. The van der Waals surface area contributed by atoms with Crippen LogP contribution in [0.3, 0.4) is 0 Å². The zero-order chi connectivity index (χ0) is 19.2. The molecule has 1 N–H and O–H groups in total. The monoisotopic (exact) mass is 395 g/mol. The van der Waals surface area contributed by atoms with Gasteiger partial charge in [0.05, 0.1) is 22.8 Å². The van der Waals surface area contributed by atoms with Crippen LogP contribution in [-0.4, -0.2) is 79.3 Å². The summed E-state index contributed by atoms with van der Waals surface area (Å²) in [6, 6.07) is 1.50. The van der Waals surface area contributed by atoms with Crippen molar-refractivity contribution in [1.29, 1.82) is 0 Å². The van der Waals surface area contributed by atoms with Crippen molar-refractivity contribution in [3.63, 3.8) is 0 Å². The van der Waals surface area contributed by atoms with Crippen LogP contribution in [0.15, 0.2) is 23.0 Å². The van der Waals surface area contributed by atoms with Crippen LogP contribution in [0.4, 0.5) is 0 Å². The van der Waals surface area contributed by atoms with Crippen LogP contribution in [0.2, 0.25) is 0 Å². The standard InChI is InChI=1S/C18H25N3O5S/c1-12(22)20-5-2-14(3-6-20)21-8-15-16(11-27(24,25)17(15)9-21)19-18(23)13-4-7-26-10-13/h4,7,10,14-17H,2-3,5-6,8-9,11H2,1H3,(H,19,23)/t15-,16+,17-/m0/s1. The number of fused-ring (bicyclic) bond motifs is 1. The van der Waals surface area contributed by atoms with Gasteiger partial charge in [-0.05, 0) is 18.9 Å². The molecule has 0 aromatic carbocycles. The molecule has 3 atom stereocenters. The summed E-state index contributed by atoms with van der Waals surface area (Å²) in [5.41, 5.74) is 0.405. The predicted molar refractivity (Wildman–Crippen MR) is 97.9 cm³/mol. The largest absolute Gasteiger partial charge is 0.472 e. The van der Waals surface area contributed by atoms with E-state index in [9.17, 15) is 18.0 Å². The van der Waals surface area contributed by atoms with Gasteiger partial charge in [0.15, 0.2) is 9.84 Å². The summed E-state index contributed by atoms with van der Waals surface area (Å²) in [6.45, 7) is 4.22. The minimum atomic E-state index is -3.23. The number of nitrogens with one attached hydrogen (secondary N) is 1. The molecule has 148 valence electrons. The Hall–Kier alpha value is -1.87. The number of amides is 2. The number of sulfone groups is 1. The van der Waals surface area contributed by atoms with E-state index in [1.807, 2.05) is 4.90 Å². The molecule has 4 heterocycles. The van der Waals surface area contributed by atoms with E-state index >= 15 is 0 Å². The van der Waals surface area contributed by atoms with E-state index in [-0.39, 0.29) is 29.5 Å². The van der Waals surface area contributed by atoms with Crippen molar-refractivity contribution < 1.29 is 22.4 Å². The molecule has 8 nitrogen and oxygen atoms in total. The molecule has 3 aliphatic heterocycles. The number of hydrogen-bond acceptors (Lipinski definition) is 6. The van der Waals surface area contributed by atoms with Gasteiger partial charge in [-0.2, -0.15) is 0 Å². The van der Waals surface area contributed by atoms with Crippen LogP contribution in [-0.2, 0) is 14.6 Å². The Morgan fingerprint density at radius 2 is 1.96 bits per heavy atom. The van der Waals surface area contributed by atoms with Gasteiger partial charge in [0.2, 0.25) is 5.91 Å². The topological polar surface area (TPSA) is 99.9 Å². The van der Waals surface area contributed by atoms with Gasteiger partial charge >= 0.3 is 0 Å². The lowest BCUT2D eigenvalue weighted by molar-refractivity contribution is -0.130. The molecular formula is C18H25N3O5S. The number of rotatable bonds is 3. The first-order valence-electron chi connectivity index (χ1n) is 9.39. The Morgan fingerprint density at radius 3 is 2.59 bits per heavy atom. The Balaban J connectivity index is 1.42. The molecule has 0 spiro atoms. The van der Waals surface area contributed by atoms with Gasteiger partial charge in [-0.15, -0.1) is 0 Å². The van der Waals surface area contributed by atoms with Gasteiger partial charge in [-0.3, -0.25) is 14.5 Å². The van der Waals surface area contributed by atoms with E-state index in [0.29, 0.717) is 24.7 Å². The lowest BCUT2D eigenvalue weighted by Gasteiger charge is -2.36. The van der Waals surface area contributed by atoms with Gasteiger partial charge in [-0.25, -0.2) is 8.42 Å². The van der Waals surface area contributed by atoms with E-state index < -0.39 is 15.1 Å². The highest BCUT2D eigenvalue weighted by atomic mass is 32.2. The lowest BCUT2D eigenvalue weighted by atomic mass is 9.99. The third-order valence-electron chi connectivity index (χ3n) is 6.25. The fourth-order valence-corrected chi connectivity index (χ4v) is 7.04. The molecule has 27 heavy (non-hydrogen) atoms. The third-order valence-corrected chi connectivity index (χ3v) is 8.50. The summed E-state index contributed by atoms with van der Waals surface area (Å²) < 4.78 is 30.2. The Kier molecular flexibility index (Phi) is 4.75. The molecule has 1 aromatic heterocycles. The van der Waals surface area contributed by atoms with Crippen LogP contribution in [0.1, 0.15) is 30.1 Å². The minimum Gasteiger partial charge on any atom is -0.472 e. The fraction of sp³-hybridized carbons (Fsp3) is 0.667. The fourth-order valence-electron chi connectivity index (χ4n) is 4.73. The second-order valence-corrected chi connectivity index (χ2v) is 10.1.